The van der Waals surface area contributed by atoms with Crippen LogP contribution in [-0.2, 0) is 9.84 Å². The van der Waals surface area contributed by atoms with Crippen LogP contribution < -0.4 is 10.5 Å². The number of piperazine rings is 1. The van der Waals surface area contributed by atoms with E-state index >= 15 is 0 Å². The van der Waals surface area contributed by atoms with E-state index in [1.54, 1.807) is 25.1 Å². The Hall–Kier alpha value is -3.44. The number of hydrogen-bond acceptors (Lipinski definition) is 8. The van der Waals surface area contributed by atoms with Gasteiger partial charge in [0.15, 0.2) is 5.65 Å². The van der Waals surface area contributed by atoms with Gasteiger partial charge in [-0.1, -0.05) is 22.9 Å². The first-order valence-electron chi connectivity index (χ1n) is 10.6. The number of benzene rings is 2. The van der Waals surface area contributed by atoms with Crippen LogP contribution in [0.5, 0.6) is 5.75 Å². The van der Waals surface area contributed by atoms with Gasteiger partial charge in [0.05, 0.1) is 21.5 Å². The Morgan fingerprint density at radius 3 is 2.48 bits per heavy atom. The van der Waals surface area contributed by atoms with E-state index in [1.165, 1.54) is 16.6 Å². The highest BCUT2D eigenvalue weighted by atomic mass is 32.2. The molecule has 172 valence electrons. The Morgan fingerprint density at radius 2 is 1.79 bits per heavy atom. The van der Waals surface area contributed by atoms with Crippen molar-refractivity contribution in [3.05, 3.63) is 51.8 Å². The Bertz CT molecular complexity index is 1570. The first-order chi connectivity index (χ1) is 15.7. The molecule has 4 aromatic rings. The molecule has 0 bridgehead atoms. The quantitative estimate of drug-likeness (QED) is 0.463. The Morgan fingerprint density at radius 1 is 1.06 bits per heavy atom. The predicted octanol–water partition coefficient (Wildman–Crippen LogP) is 1.48. The van der Waals surface area contributed by atoms with Crippen LogP contribution in [0.1, 0.15) is 11.1 Å². The molecule has 3 heterocycles. The van der Waals surface area contributed by atoms with E-state index in [0.29, 0.717) is 29.9 Å². The van der Waals surface area contributed by atoms with Gasteiger partial charge >= 0.3 is 0 Å². The van der Waals surface area contributed by atoms with Gasteiger partial charge in [-0.15, -0.1) is 5.10 Å². The molecule has 0 atom stereocenters. The molecule has 2 aromatic carbocycles. The predicted molar refractivity (Wildman–Crippen MR) is 124 cm³/mol. The number of aromatic nitrogens is 4. The highest BCUT2D eigenvalue weighted by Gasteiger charge is 2.28. The number of phenols is 1. The smallest absolute Gasteiger partial charge is 0.259 e. The van der Waals surface area contributed by atoms with Crippen molar-refractivity contribution in [1.29, 1.82) is 0 Å². The van der Waals surface area contributed by atoms with Gasteiger partial charge in [0.25, 0.3) is 5.56 Å². The second-order valence-corrected chi connectivity index (χ2v) is 10.4. The second kappa shape index (κ2) is 7.56. The van der Waals surface area contributed by atoms with Crippen LogP contribution in [0.4, 0.5) is 5.69 Å². The highest BCUT2D eigenvalue weighted by Crippen LogP contribution is 2.33. The number of phenolic OH excluding ortho intramolecular Hbond substituents is 1. The van der Waals surface area contributed by atoms with E-state index < -0.39 is 15.4 Å². The number of aryl methyl sites for hydroxylation is 2. The third kappa shape index (κ3) is 3.44. The van der Waals surface area contributed by atoms with Crippen LogP contribution in [0.2, 0.25) is 0 Å². The summed E-state index contributed by atoms with van der Waals surface area (Å²) >= 11 is 0. The zero-order valence-electron chi connectivity index (χ0n) is 18.5. The maximum Gasteiger partial charge on any atom is 0.259 e. The second-order valence-electron chi connectivity index (χ2n) is 8.53. The number of hydrogen-bond donors (Lipinski definition) is 2. The van der Waals surface area contributed by atoms with E-state index in [1.807, 2.05) is 18.9 Å². The molecule has 0 spiro atoms. The molecule has 1 saturated heterocycles. The van der Waals surface area contributed by atoms with Crippen LogP contribution in [-0.4, -0.2) is 71.5 Å². The van der Waals surface area contributed by atoms with Crippen molar-refractivity contribution < 1.29 is 13.5 Å². The minimum absolute atomic E-state index is 0.0116. The molecule has 11 heteroatoms. The largest absolute Gasteiger partial charge is 0.506 e. The van der Waals surface area contributed by atoms with Crippen LogP contribution in [0.3, 0.4) is 0 Å². The van der Waals surface area contributed by atoms with E-state index in [2.05, 4.69) is 20.2 Å². The summed E-state index contributed by atoms with van der Waals surface area (Å²) < 4.78 is 28.1. The number of aromatic amines is 1. The van der Waals surface area contributed by atoms with Crippen molar-refractivity contribution >= 4 is 32.1 Å². The van der Waals surface area contributed by atoms with Gasteiger partial charge in [0.1, 0.15) is 5.75 Å². The average Bonchev–Trinajstić information content (AvgIpc) is 3.19. The van der Waals surface area contributed by atoms with Gasteiger partial charge in [0, 0.05) is 26.2 Å². The number of sulfone groups is 1. The molecule has 0 radical (unpaired) electrons. The fraction of sp³-hybridized carbons (Fsp3) is 0.318. The maximum atomic E-state index is 13.4. The molecule has 0 unspecified atom stereocenters. The molecular weight excluding hydrogens is 444 g/mol. The number of likely N-dealkylation sites (N-methyl/N-ethyl adjacent to an activating group) is 1. The molecular formula is C22H24N6O4S. The lowest BCUT2D eigenvalue weighted by Crippen LogP contribution is -2.44. The molecule has 0 amide bonds. The molecule has 10 nitrogen and oxygen atoms in total. The molecule has 33 heavy (non-hydrogen) atoms. The molecule has 1 aliphatic rings. The van der Waals surface area contributed by atoms with E-state index in [0.717, 1.165) is 18.7 Å². The van der Waals surface area contributed by atoms with Crippen molar-refractivity contribution in [3.8, 4) is 5.75 Å². The normalized spacial score (nSPS) is 15.5. The summed E-state index contributed by atoms with van der Waals surface area (Å²) in [6.45, 7) is 6.70. The van der Waals surface area contributed by atoms with Gasteiger partial charge in [-0.2, -0.15) is 4.52 Å². The lowest BCUT2D eigenvalue weighted by atomic mass is 10.1. The first-order valence-corrected chi connectivity index (χ1v) is 12.1. The Labute approximate surface area is 190 Å². The summed E-state index contributed by atoms with van der Waals surface area (Å²) in [5.41, 5.74) is 1.92. The van der Waals surface area contributed by atoms with Gasteiger partial charge in [0.2, 0.25) is 14.9 Å². The van der Waals surface area contributed by atoms with Crippen LogP contribution in [0, 0.1) is 13.8 Å². The standard InChI is InChI=1S/C22H24N6O4S/c1-13-4-5-19(14(2)10-13)33(31,32)22-20-23-21(30)15-11-18(29)17(12-16(15)28(20)25-24-22)27-8-6-26(3)7-9-27/h4-5,10-12,29H,6-9H2,1-3H3,(H,23,30). The van der Waals surface area contributed by atoms with Gasteiger partial charge in [-0.05, 0) is 44.7 Å². The summed E-state index contributed by atoms with van der Waals surface area (Å²) in [6, 6.07) is 8.09. The van der Waals surface area contributed by atoms with Gasteiger partial charge in [-0.3, -0.25) is 4.79 Å². The lowest BCUT2D eigenvalue weighted by Gasteiger charge is -2.34. The molecule has 0 saturated carbocycles. The first kappa shape index (κ1) is 21.4. The number of rotatable bonds is 3. The Kier molecular flexibility index (Phi) is 4.91. The van der Waals surface area contributed by atoms with Crippen molar-refractivity contribution in [1.82, 2.24) is 24.7 Å². The number of nitrogens with zero attached hydrogens (tertiary/aromatic N) is 5. The van der Waals surface area contributed by atoms with Crippen molar-refractivity contribution in [3.63, 3.8) is 0 Å². The fourth-order valence-electron chi connectivity index (χ4n) is 4.33. The number of aromatic hydroxyl groups is 1. The van der Waals surface area contributed by atoms with Crippen molar-refractivity contribution in [2.24, 2.45) is 0 Å². The summed E-state index contributed by atoms with van der Waals surface area (Å²) in [4.78, 5) is 19.8. The third-order valence-electron chi connectivity index (χ3n) is 6.16. The number of H-pyrrole nitrogens is 1. The third-order valence-corrected chi connectivity index (χ3v) is 7.98. The summed E-state index contributed by atoms with van der Waals surface area (Å²) in [5.74, 6) is -0.0138. The van der Waals surface area contributed by atoms with E-state index in [4.69, 9.17) is 0 Å². The Balaban J connectivity index is 1.71. The van der Waals surface area contributed by atoms with E-state index in [-0.39, 0.29) is 26.7 Å². The zero-order valence-corrected chi connectivity index (χ0v) is 19.3. The number of anilines is 1. The van der Waals surface area contributed by atoms with Crippen molar-refractivity contribution in [2.45, 2.75) is 23.8 Å². The minimum Gasteiger partial charge on any atom is -0.506 e. The van der Waals surface area contributed by atoms with Gasteiger partial charge in [-0.25, -0.2) is 8.42 Å². The SMILES string of the molecule is Cc1ccc(S(=O)(=O)c2nnn3c2[nH]c(=O)c2cc(O)c(N4CCN(C)CC4)cc23)c(C)c1. The summed E-state index contributed by atoms with van der Waals surface area (Å²) in [7, 11) is -1.99. The van der Waals surface area contributed by atoms with Crippen molar-refractivity contribution in [2.75, 3.05) is 38.1 Å². The number of nitrogens with one attached hydrogen (secondary N) is 1. The average molecular weight is 469 g/mol. The summed E-state index contributed by atoms with van der Waals surface area (Å²) in [5, 5.41) is 18.5. The minimum atomic E-state index is -4.03. The molecule has 2 aromatic heterocycles. The fourth-order valence-corrected chi connectivity index (χ4v) is 5.80. The summed E-state index contributed by atoms with van der Waals surface area (Å²) in [6.07, 6.45) is 0. The zero-order chi connectivity index (χ0) is 23.5. The molecule has 0 aliphatic carbocycles. The maximum absolute atomic E-state index is 13.4. The molecule has 5 rings (SSSR count). The van der Waals surface area contributed by atoms with E-state index in [9.17, 15) is 18.3 Å². The molecule has 1 aliphatic heterocycles. The number of fused-ring (bicyclic) bond motifs is 3. The van der Waals surface area contributed by atoms with Crippen LogP contribution in [0.25, 0.3) is 16.6 Å². The van der Waals surface area contributed by atoms with Crippen LogP contribution in [0.15, 0.2) is 45.0 Å². The van der Waals surface area contributed by atoms with Crippen LogP contribution >= 0.6 is 0 Å². The monoisotopic (exact) mass is 468 g/mol. The van der Waals surface area contributed by atoms with Gasteiger partial charge < -0.3 is 19.9 Å². The lowest BCUT2D eigenvalue weighted by molar-refractivity contribution is 0.311. The topological polar surface area (TPSA) is 124 Å². The highest BCUT2D eigenvalue weighted by molar-refractivity contribution is 7.91. The molecule has 2 N–H and O–H groups in total. The molecule has 1 fully saturated rings.